The minimum absolute atomic E-state index is 0.126. The van der Waals surface area contributed by atoms with Crippen LogP contribution in [0.5, 0.6) is 5.75 Å². The standard InChI is InChI=1S/C21H21Cl2N5O3/c1-13-5-8-16(9-6-13)28-14(2)20(25-27-28)21(30)26-24-19(29)4-3-11-31-18-10-7-15(22)12-17(18)23/h5-10,12H,3-4,11H2,1-2H3,(H,24,29)(H,26,30). The lowest BCUT2D eigenvalue weighted by atomic mass is 10.2. The zero-order chi connectivity index (χ0) is 22.4. The van der Waals surface area contributed by atoms with Gasteiger partial charge in [0, 0.05) is 11.4 Å². The molecule has 0 aliphatic carbocycles. The van der Waals surface area contributed by atoms with E-state index in [2.05, 4.69) is 21.2 Å². The summed E-state index contributed by atoms with van der Waals surface area (Å²) in [5.74, 6) is -0.414. The van der Waals surface area contributed by atoms with Gasteiger partial charge in [-0.3, -0.25) is 20.4 Å². The van der Waals surface area contributed by atoms with E-state index in [-0.39, 0.29) is 24.6 Å². The van der Waals surface area contributed by atoms with Crippen molar-refractivity contribution >= 4 is 35.0 Å². The Labute approximate surface area is 189 Å². The molecule has 3 rings (SSSR count). The highest BCUT2D eigenvalue weighted by Crippen LogP contribution is 2.27. The summed E-state index contributed by atoms with van der Waals surface area (Å²) in [6, 6.07) is 12.6. The van der Waals surface area contributed by atoms with Crippen LogP contribution < -0.4 is 15.6 Å². The fourth-order valence-electron chi connectivity index (χ4n) is 2.73. The highest BCUT2D eigenvalue weighted by atomic mass is 35.5. The first kappa shape index (κ1) is 22.6. The number of carbonyl (C=O) groups excluding carboxylic acids is 2. The van der Waals surface area contributed by atoms with E-state index in [1.165, 1.54) is 0 Å². The number of hydrogen-bond donors (Lipinski definition) is 2. The molecule has 2 aromatic carbocycles. The first-order valence-electron chi connectivity index (χ1n) is 9.51. The Balaban J connectivity index is 1.45. The van der Waals surface area contributed by atoms with Crippen LogP contribution in [0.25, 0.3) is 5.69 Å². The normalized spacial score (nSPS) is 10.6. The molecule has 1 aromatic heterocycles. The van der Waals surface area contributed by atoms with Crippen molar-refractivity contribution in [2.75, 3.05) is 6.61 Å². The van der Waals surface area contributed by atoms with Gasteiger partial charge in [-0.1, -0.05) is 46.1 Å². The first-order valence-corrected chi connectivity index (χ1v) is 10.3. The van der Waals surface area contributed by atoms with E-state index in [1.54, 1.807) is 29.8 Å². The van der Waals surface area contributed by atoms with Crippen LogP contribution in [0.3, 0.4) is 0 Å². The summed E-state index contributed by atoms with van der Waals surface area (Å²) in [5, 5.41) is 8.86. The molecular weight excluding hydrogens is 441 g/mol. The minimum Gasteiger partial charge on any atom is -0.492 e. The maximum Gasteiger partial charge on any atom is 0.292 e. The summed E-state index contributed by atoms with van der Waals surface area (Å²) < 4.78 is 7.09. The number of aryl methyl sites for hydroxylation is 1. The van der Waals surface area contributed by atoms with Crippen molar-refractivity contribution in [3.8, 4) is 11.4 Å². The Morgan fingerprint density at radius 3 is 2.52 bits per heavy atom. The molecule has 0 aliphatic heterocycles. The maximum atomic E-state index is 12.4. The van der Waals surface area contributed by atoms with Crippen LogP contribution >= 0.6 is 23.2 Å². The van der Waals surface area contributed by atoms with Crippen molar-refractivity contribution in [1.82, 2.24) is 25.8 Å². The Kier molecular flexibility index (Phi) is 7.49. The quantitative estimate of drug-likeness (QED) is 0.411. The maximum absolute atomic E-state index is 12.4. The molecule has 0 atom stereocenters. The summed E-state index contributed by atoms with van der Waals surface area (Å²) in [5.41, 5.74) is 7.32. The molecule has 31 heavy (non-hydrogen) atoms. The molecule has 0 fully saturated rings. The molecule has 0 radical (unpaired) electrons. The predicted octanol–water partition coefficient (Wildman–Crippen LogP) is 3.81. The van der Waals surface area contributed by atoms with E-state index in [0.29, 0.717) is 27.9 Å². The number of ether oxygens (including phenoxy) is 1. The summed E-state index contributed by atoms with van der Waals surface area (Å²) in [7, 11) is 0. The molecule has 3 aromatic rings. The average molecular weight is 462 g/mol. The van der Waals surface area contributed by atoms with Gasteiger partial charge in [-0.2, -0.15) is 0 Å². The van der Waals surface area contributed by atoms with Crippen molar-refractivity contribution in [2.24, 2.45) is 0 Å². The van der Waals surface area contributed by atoms with Crippen LogP contribution in [0, 0.1) is 13.8 Å². The van der Waals surface area contributed by atoms with Crippen LogP contribution in [0.15, 0.2) is 42.5 Å². The summed E-state index contributed by atoms with van der Waals surface area (Å²) in [6.07, 6.45) is 0.587. The lowest BCUT2D eigenvalue weighted by Gasteiger charge is -2.09. The van der Waals surface area contributed by atoms with Gasteiger partial charge >= 0.3 is 0 Å². The van der Waals surface area contributed by atoms with Crippen LogP contribution in [0.1, 0.15) is 34.6 Å². The number of carbonyl (C=O) groups is 2. The van der Waals surface area contributed by atoms with Gasteiger partial charge in [-0.25, -0.2) is 4.68 Å². The molecular formula is C21H21Cl2N5O3. The van der Waals surface area contributed by atoms with Gasteiger partial charge in [0.2, 0.25) is 5.91 Å². The van der Waals surface area contributed by atoms with Gasteiger partial charge in [0.25, 0.3) is 5.91 Å². The highest BCUT2D eigenvalue weighted by Gasteiger charge is 2.18. The third-order valence-corrected chi connectivity index (χ3v) is 4.93. The zero-order valence-electron chi connectivity index (χ0n) is 17.0. The smallest absolute Gasteiger partial charge is 0.292 e. The molecule has 1 heterocycles. The third-order valence-electron chi connectivity index (χ3n) is 4.40. The molecule has 162 valence electrons. The number of benzene rings is 2. The third kappa shape index (κ3) is 5.96. The SMILES string of the molecule is Cc1ccc(-n2nnc(C(=O)NNC(=O)CCCOc3ccc(Cl)cc3Cl)c2C)cc1. The number of nitrogens with one attached hydrogen (secondary N) is 2. The molecule has 2 N–H and O–H groups in total. The van der Waals surface area contributed by atoms with E-state index in [0.717, 1.165) is 11.3 Å². The first-order chi connectivity index (χ1) is 14.8. The number of rotatable bonds is 7. The molecule has 0 saturated heterocycles. The van der Waals surface area contributed by atoms with Gasteiger partial charge < -0.3 is 4.74 Å². The number of nitrogens with zero attached hydrogens (tertiary/aromatic N) is 3. The lowest BCUT2D eigenvalue weighted by Crippen LogP contribution is -2.42. The van der Waals surface area contributed by atoms with E-state index in [9.17, 15) is 9.59 Å². The number of aromatic nitrogens is 3. The van der Waals surface area contributed by atoms with Gasteiger partial charge in [-0.05, 0) is 50.6 Å². The summed E-state index contributed by atoms with van der Waals surface area (Å²) >= 11 is 11.9. The molecule has 0 bridgehead atoms. The fourth-order valence-corrected chi connectivity index (χ4v) is 3.19. The number of amides is 2. The minimum atomic E-state index is -0.548. The van der Waals surface area contributed by atoms with Crippen LogP contribution in [0.2, 0.25) is 10.0 Å². The second-order valence-electron chi connectivity index (χ2n) is 6.80. The molecule has 0 spiro atoms. The lowest BCUT2D eigenvalue weighted by molar-refractivity contribution is -0.122. The largest absolute Gasteiger partial charge is 0.492 e. The van der Waals surface area contributed by atoms with Crippen molar-refractivity contribution < 1.29 is 14.3 Å². The molecule has 2 amide bonds. The Bertz CT molecular complexity index is 1080. The van der Waals surface area contributed by atoms with Gasteiger partial charge in [0.05, 0.1) is 23.0 Å². The highest BCUT2D eigenvalue weighted by molar-refractivity contribution is 6.35. The van der Waals surface area contributed by atoms with E-state index in [1.807, 2.05) is 31.2 Å². The Morgan fingerprint density at radius 2 is 1.81 bits per heavy atom. The molecule has 8 nitrogen and oxygen atoms in total. The van der Waals surface area contributed by atoms with Gasteiger partial charge in [0.1, 0.15) is 5.75 Å². The molecule has 0 saturated carbocycles. The number of halogens is 2. The van der Waals surface area contributed by atoms with E-state index >= 15 is 0 Å². The van der Waals surface area contributed by atoms with E-state index < -0.39 is 5.91 Å². The van der Waals surface area contributed by atoms with Crippen molar-refractivity contribution in [3.63, 3.8) is 0 Å². The van der Waals surface area contributed by atoms with Crippen LogP contribution in [0.4, 0.5) is 0 Å². The number of hydrazine groups is 1. The Morgan fingerprint density at radius 1 is 1.06 bits per heavy atom. The van der Waals surface area contributed by atoms with Crippen molar-refractivity contribution in [1.29, 1.82) is 0 Å². The Hall–Kier alpha value is -3.10. The summed E-state index contributed by atoms with van der Waals surface area (Å²) in [4.78, 5) is 24.3. The molecule has 0 aliphatic rings. The predicted molar refractivity (Wildman–Crippen MR) is 118 cm³/mol. The van der Waals surface area contributed by atoms with E-state index in [4.69, 9.17) is 27.9 Å². The van der Waals surface area contributed by atoms with Crippen molar-refractivity contribution in [3.05, 3.63) is 69.5 Å². The topological polar surface area (TPSA) is 98.1 Å². The average Bonchev–Trinajstić information content (AvgIpc) is 3.12. The van der Waals surface area contributed by atoms with Crippen LogP contribution in [-0.4, -0.2) is 33.4 Å². The summed E-state index contributed by atoms with van der Waals surface area (Å²) in [6.45, 7) is 4.00. The monoisotopic (exact) mass is 461 g/mol. The number of hydrogen-bond acceptors (Lipinski definition) is 5. The zero-order valence-corrected chi connectivity index (χ0v) is 18.5. The molecule has 0 unspecified atom stereocenters. The second-order valence-corrected chi connectivity index (χ2v) is 7.64. The fraction of sp³-hybridized carbons (Fsp3) is 0.238. The second kappa shape index (κ2) is 10.3. The van der Waals surface area contributed by atoms with Crippen molar-refractivity contribution in [2.45, 2.75) is 26.7 Å². The molecule has 10 heteroatoms. The van der Waals surface area contributed by atoms with Gasteiger partial charge in [-0.15, -0.1) is 5.10 Å². The van der Waals surface area contributed by atoms with Gasteiger partial charge in [0.15, 0.2) is 5.69 Å². The van der Waals surface area contributed by atoms with Crippen LogP contribution in [-0.2, 0) is 4.79 Å².